The number of carbonyl (C=O) groups excluding carboxylic acids is 2. The Morgan fingerprint density at radius 3 is 2.66 bits per heavy atom. The first-order chi connectivity index (χ1) is 13.8. The van der Waals surface area contributed by atoms with Gasteiger partial charge in [0.1, 0.15) is 6.04 Å². The van der Waals surface area contributed by atoms with Crippen molar-refractivity contribution in [3.63, 3.8) is 0 Å². The topological polar surface area (TPSA) is 92.8 Å². The second-order valence-corrected chi connectivity index (χ2v) is 9.46. The number of hydrogen-bond donors (Lipinski definition) is 2. The lowest BCUT2D eigenvalue weighted by Crippen LogP contribution is -2.46. The third-order valence-electron chi connectivity index (χ3n) is 4.80. The Kier molecular flexibility index (Phi) is 6.81. The summed E-state index contributed by atoms with van der Waals surface area (Å²) in [6, 6.07) is 11.6. The average Bonchev–Trinajstić information content (AvgIpc) is 3.10. The average molecular weight is 437 g/mol. The number of sulfonamides is 1. The van der Waals surface area contributed by atoms with E-state index in [0.717, 1.165) is 10.8 Å². The first-order valence-electron chi connectivity index (χ1n) is 9.45. The Bertz CT molecular complexity index is 1010. The Labute approximate surface area is 175 Å². The Morgan fingerprint density at radius 2 is 1.93 bits per heavy atom. The van der Waals surface area contributed by atoms with Gasteiger partial charge in [-0.1, -0.05) is 30.3 Å². The maximum atomic E-state index is 13.2. The lowest BCUT2D eigenvalue weighted by molar-refractivity contribution is -0.143. The first-order valence-corrected chi connectivity index (χ1v) is 11.4. The monoisotopic (exact) mass is 436 g/mol. The predicted molar refractivity (Wildman–Crippen MR) is 113 cm³/mol. The van der Waals surface area contributed by atoms with E-state index in [2.05, 4.69) is 17.9 Å². The molecule has 0 radical (unpaired) electrons. The van der Waals surface area contributed by atoms with Crippen LogP contribution in [0.4, 0.5) is 0 Å². The predicted octanol–water partition coefficient (Wildman–Crippen LogP) is 1.97. The molecule has 0 bridgehead atoms. The molecule has 1 saturated heterocycles. The molecule has 2 atom stereocenters. The molecule has 1 heterocycles. The minimum Gasteiger partial charge on any atom is -0.466 e. The van der Waals surface area contributed by atoms with Gasteiger partial charge in [0.05, 0.1) is 17.9 Å². The minimum atomic E-state index is -3.88. The van der Waals surface area contributed by atoms with Gasteiger partial charge in [-0.2, -0.15) is 16.9 Å². The number of nitrogens with one attached hydrogen (secondary N) is 1. The van der Waals surface area contributed by atoms with Gasteiger partial charge >= 0.3 is 5.97 Å². The Hall–Kier alpha value is -2.10. The summed E-state index contributed by atoms with van der Waals surface area (Å²) in [5.74, 6) is -0.845. The maximum absolute atomic E-state index is 13.2. The number of esters is 1. The van der Waals surface area contributed by atoms with Crippen molar-refractivity contribution in [2.24, 2.45) is 0 Å². The third-order valence-corrected chi connectivity index (χ3v) is 7.04. The lowest BCUT2D eigenvalue weighted by atomic mass is 10.1. The van der Waals surface area contributed by atoms with E-state index in [1.54, 1.807) is 25.1 Å². The van der Waals surface area contributed by atoms with Crippen LogP contribution in [0.15, 0.2) is 47.4 Å². The summed E-state index contributed by atoms with van der Waals surface area (Å²) in [6.07, 6.45) is 0.342. The number of hydrogen-bond acceptors (Lipinski definition) is 6. The summed E-state index contributed by atoms with van der Waals surface area (Å²) in [4.78, 5) is 24.2. The van der Waals surface area contributed by atoms with E-state index in [9.17, 15) is 18.0 Å². The fourth-order valence-electron chi connectivity index (χ4n) is 3.39. The molecule has 7 nitrogen and oxygen atoms in total. The summed E-state index contributed by atoms with van der Waals surface area (Å²) in [5.41, 5.74) is 0. The molecule has 1 amide bonds. The lowest BCUT2D eigenvalue weighted by Gasteiger charge is -2.23. The molecule has 9 heteroatoms. The SMILES string of the molecule is CCOC(=O)CCNC(=O)[C@@H]1C[C@H](S)CN1S(=O)(=O)c1ccc2ccccc2c1. The summed E-state index contributed by atoms with van der Waals surface area (Å²) < 4.78 is 32.5. The summed E-state index contributed by atoms with van der Waals surface area (Å²) in [7, 11) is -3.88. The number of rotatable bonds is 7. The van der Waals surface area contributed by atoms with Crippen molar-refractivity contribution in [2.75, 3.05) is 19.7 Å². The van der Waals surface area contributed by atoms with Crippen molar-refractivity contribution in [3.8, 4) is 0 Å². The van der Waals surface area contributed by atoms with Crippen LogP contribution in [0, 0.1) is 0 Å². The van der Waals surface area contributed by atoms with E-state index in [1.165, 1.54) is 4.31 Å². The van der Waals surface area contributed by atoms with Crippen LogP contribution in [0.1, 0.15) is 19.8 Å². The molecule has 0 saturated carbocycles. The van der Waals surface area contributed by atoms with Crippen LogP contribution in [0.5, 0.6) is 0 Å². The van der Waals surface area contributed by atoms with E-state index in [0.29, 0.717) is 6.42 Å². The van der Waals surface area contributed by atoms with Gasteiger partial charge < -0.3 is 10.1 Å². The molecule has 29 heavy (non-hydrogen) atoms. The van der Waals surface area contributed by atoms with Gasteiger partial charge in [0.15, 0.2) is 0 Å². The van der Waals surface area contributed by atoms with E-state index in [1.807, 2.05) is 24.3 Å². The minimum absolute atomic E-state index is 0.0357. The van der Waals surface area contributed by atoms with Gasteiger partial charge in [-0.15, -0.1) is 0 Å². The van der Waals surface area contributed by atoms with Crippen LogP contribution >= 0.6 is 12.6 Å². The quantitative estimate of drug-likeness (QED) is 0.511. The molecule has 0 aromatic heterocycles. The third kappa shape index (κ3) is 4.91. The fraction of sp³-hybridized carbons (Fsp3) is 0.400. The van der Waals surface area contributed by atoms with Crippen LogP contribution in [0.3, 0.4) is 0 Å². The Morgan fingerprint density at radius 1 is 1.21 bits per heavy atom. The number of benzene rings is 2. The van der Waals surface area contributed by atoms with Gasteiger partial charge in [-0.3, -0.25) is 9.59 Å². The van der Waals surface area contributed by atoms with E-state index >= 15 is 0 Å². The van der Waals surface area contributed by atoms with E-state index in [4.69, 9.17) is 4.74 Å². The molecule has 0 aliphatic carbocycles. The van der Waals surface area contributed by atoms with Crippen LogP contribution < -0.4 is 5.32 Å². The second-order valence-electron chi connectivity index (χ2n) is 6.84. The van der Waals surface area contributed by atoms with E-state index in [-0.39, 0.29) is 36.3 Å². The highest BCUT2D eigenvalue weighted by molar-refractivity contribution is 7.89. The van der Waals surface area contributed by atoms with Crippen molar-refractivity contribution in [1.29, 1.82) is 0 Å². The van der Waals surface area contributed by atoms with Gasteiger partial charge in [0.25, 0.3) is 0 Å². The molecule has 1 fully saturated rings. The van der Waals surface area contributed by atoms with Crippen molar-refractivity contribution < 1.29 is 22.7 Å². The summed E-state index contributed by atoms with van der Waals surface area (Å²) in [5, 5.41) is 4.14. The standard InChI is InChI=1S/C20H24N2O5S2/c1-2-27-19(23)9-10-21-20(24)18-12-16(28)13-22(18)29(25,26)17-8-7-14-5-3-4-6-15(14)11-17/h3-8,11,16,18,28H,2,9-10,12-13H2,1H3,(H,21,24)/t16-,18-/m0/s1. The van der Waals surface area contributed by atoms with Crippen molar-refractivity contribution in [2.45, 2.75) is 36.0 Å². The second kappa shape index (κ2) is 9.15. The Balaban J connectivity index is 1.77. The molecule has 1 aliphatic rings. The molecule has 2 aromatic rings. The molecule has 3 rings (SSSR count). The number of carbonyl (C=O) groups is 2. The van der Waals surface area contributed by atoms with Gasteiger partial charge in [0.2, 0.25) is 15.9 Å². The number of amides is 1. The van der Waals surface area contributed by atoms with Gasteiger partial charge in [-0.05, 0) is 36.2 Å². The van der Waals surface area contributed by atoms with Crippen LogP contribution in [0.2, 0.25) is 0 Å². The number of ether oxygens (including phenoxy) is 1. The number of thiol groups is 1. The highest BCUT2D eigenvalue weighted by Gasteiger charge is 2.42. The molecular weight excluding hydrogens is 412 g/mol. The zero-order valence-corrected chi connectivity index (χ0v) is 17.8. The number of nitrogens with zero attached hydrogens (tertiary/aromatic N) is 1. The summed E-state index contributed by atoms with van der Waals surface area (Å²) in [6.45, 7) is 2.22. The van der Waals surface area contributed by atoms with Crippen LogP contribution in [0.25, 0.3) is 10.8 Å². The van der Waals surface area contributed by atoms with Crippen molar-refractivity contribution in [3.05, 3.63) is 42.5 Å². The van der Waals surface area contributed by atoms with E-state index < -0.39 is 27.9 Å². The first kappa shape index (κ1) is 21.6. The molecule has 1 N–H and O–H groups in total. The molecule has 0 spiro atoms. The highest BCUT2D eigenvalue weighted by Crippen LogP contribution is 2.30. The normalized spacial score (nSPS) is 19.9. The van der Waals surface area contributed by atoms with Crippen LogP contribution in [-0.4, -0.2) is 55.6 Å². The van der Waals surface area contributed by atoms with Crippen molar-refractivity contribution in [1.82, 2.24) is 9.62 Å². The largest absolute Gasteiger partial charge is 0.466 e. The zero-order valence-electron chi connectivity index (χ0n) is 16.1. The van der Waals surface area contributed by atoms with Gasteiger partial charge in [0, 0.05) is 18.3 Å². The maximum Gasteiger partial charge on any atom is 0.307 e. The summed E-state index contributed by atoms with van der Waals surface area (Å²) >= 11 is 4.40. The molecule has 2 aromatic carbocycles. The van der Waals surface area contributed by atoms with Crippen LogP contribution in [-0.2, 0) is 24.3 Å². The molecule has 156 valence electrons. The highest BCUT2D eigenvalue weighted by atomic mass is 32.2. The smallest absolute Gasteiger partial charge is 0.307 e. The molecular formula is C20H24N2O5S2. The fourth-order valence-corrected chi connectivity index (χ4v) is 5.56. The molecule has 0 unspecified atom stereocenters. The number of fused-ring (bicyclic) bond motifs is 1. The molecule has 1 aliphatic heterocycles. The van der Waals surface area contributed by atoms with Crippen molar-refractivity contribution >= 4 is 45.3 Å². The zero-order chi connectivity index (χ0) is 21.0. The van der Waals surface area contributed by atoms with Gasteiger partial charge in [-0.25, -0.2) is 8.42 Å².